The highest BCUT2D eigenvalue weighted by Gasteiger charge is 2.51. The molecule has 0 saturated carbocycles. The van der Waals surface area contributed by atoms with Gasteiger partial charge in [-0.1, -0.05) is 23.7 Å². The molecule has 2 amide bonds. The van der Waals surface area contributed by atoms with Crippen LogP contribution in [-0.2, 0) is 20.6 Å². The minimum atomic E-state index is -3.93. The molecule has 1 aromatic heterocycles. The SMILES string of the molecule is CC1(C(=O)NS(=O)(=O)Cc2cccc(Cl)c2)CCN1C(=O)c1ccco1. The Hall–Kier alpha value is -2.32. The minimum Gasteiger partial charge on any atom is -0.459 e. The number of nitrogens with zero attached hydrogens (tertiary/aromatic N) is 1. The van der Waals surface area contributed by atoms with Gasteiger partial charge in [0.15, 0.2) is 5.76 Å². The molecule has 1 N–H and O–H groups in total. The van der Waals surface area contributed by atoms with E-state index in [1.165, 1.54) is 30.2 Å². The van der Waals surface area contributed by atoms with Crippen molar-refractivity contribution in [3.63, 3.8) is 0 Å². The van der Waals surface area contributed by atoms with Crippen LogP contribution in [0.15, 0.2) is 47.1 Å². The second-order valence-corrected chi connectivity index (χ2v) is 8.44. The van der Waals surface area contributed by atoms with Gasteiger partial charge in [0, 0.05) is 11.6 Å². The molecule has 0 radical (unpaired) electrons. The number of hydrogen-bond acceptors (Lipinski definition) is 5. The lowest BCUT2D eigenvalue weighted by molar-refractivity contribution is -0.135. The first-order valence-electron chi connectivity index (χ1n) is 7.86. The zero-order chi connectivity index (χ0) is 18.9. The summed E-state index contributed by atoms with van der Waals surface area (Å²) in [7, 11) is -3.93. The number of rotatable bonds is 5. The average molecular weight is 397 g/mol. The first kappa shape index (κ1) is 18.5. The molecule has 1 aliphatic rings. The first-order valence-corrected chi connectivity index (χ1v) is 9.89. The maximum absolute atomic E-state index is 12.6. The molecule has 138 valence electrons. The maximum atomic E-state index is 12.6. The lowest BCUT2D eigenvalue weighted by Crippen LogP contribution is -2.67. The number of nitrogens with one attached hydrogen (secondary N) is 1. The fraction of sp³-hybridized carbons (Fsp3) is 0.294. The number of carbonyl (C=O) groups is 2. The number of carbonyl (C=O) groups excluding carboxylic acids is 2. The molecule has 2 heterocycles. The topological polar surface area (TPSA) is 96.7 Å². The summed E-state index contributed by atoms with van der Waals surface area (Å²) in [6.07, 6.45) is 1.72. The Morgan fingerprint density at radius 3 is 2.65 bits per heavy atom. The molecule has 26 heavy (non-hydrogen) atoms. The van der Waals surface area contributed by atoms with Crippen molar-refractivity contribution in [2.75, 3.05) is 6.54 Å². The van der Waals surface area contributed by atoms with Gasteiger partial charge in [-0.05, 0) is 43.2 Å². The molecule has 1 unspecified atom stereocenters. The first-order chi connectivity index (χ1) is 12.2. The van der Waals surface area contributed by atoms with E-state index in [-0.39, 0.29) is 11.5 Å². The number of sulfonamides is 1. The number of amides is 2. The fourth-order valence-corrected chi connectivity index (χ4v) is 4.19. The lowest BCUT2D eigenvalue weighted by atomic mass is 9.85. The number of furan rings is 1. The van der Waals surface area contributed by atoms with Crippen molar-refractivity contribution >= 4 is 33.4 Å². The molecule has 1 fully saturated rings. The summed E-state index contributed by atoms with van der Waals surface area (Å²) >= 11 is 5.85. The normalized spacial score (nSPS) is 19.7. The number of halogens is 1. The van der Waals surface area contributed by atoms with E-state index in [1.54, 1.807) is 24.3 Å². The summed E-state index contributed by atoms with van der Waals surface area (Å²) in [6, 6.07) is 9.45. The van der Waals surface area contributed by atoms with E-state index in [9.17, 15) is 18.0 Å². The Morgan fingerprint density at radius 1 is 1.31 bits per heavy atom. The predicted octanol–water partition coefficient (Wildman–Crippen LogP) is 2.18. The molecule has 1 atom stereocenters. The van der Waals surface area contributed by atoms with Gasteiger partial charge in [-0.3, -0.25) is 14.3 Å². The molecule has 1 aromatic carbocycles. The number of likely N-dealkylation sites (tertiary alicyclic amines) is 1. The van der Waals surface area contributed by atoms with E-state index in [0.29, 0.717) is 23.6 Å². The summed E-state index contributed by atoms with van der Waals surface area (Å²) in [4.78, 5) is 26.3. The van der Waals surface area contributed by atoms with Gasteiger partial charge >= 0.3 is 0 Å². The van der Waals surface area contributed by atoms with E-state index in [1.807, 2.05) is 0 Å². The van der Waals surface area contributed by atoms with Crippen molar-refractivity contribution in [2.45, 2.75) is 24.6 Å². The van der Waals surface area contributed by atoms with Crippen LogP contribution in [0.25, 0.3) is 0 Å². The zero-order valence-electron chi connectivity index (χ0n) is 13.9. The Balaban J connectivity index is 1.71. The van der Waals surface area contributed by atoms with Crippen LogP contribution in [0.2, 0.25) is 5.02 Å². The summed E-state index contributed by atoms with van der Waals surface area (Å²) in [5.74, 6) is -1.48. The van der Waals surface area contributed by atoms with Gasteiger partial charge in [-0.2, -0.15) is 0 Å². The molecular formula is C17H17ClN2O5S. The van der Waals surface area contributed by atoms with E-state index in [0.717, 1.165) is 0 Å². The highest BCUT2D eigenvalue weighted by Crippen LogP contribution is 2.32. The van der Waals surface area contributed by atoms with Gasteiger partial charge in [-0.15, -0.1) is 0 Å². The van der Waals surface area contributed by atoms with Crippen LogP contribution in [0.4, 0.5) is 0 Å². The van der Waals surface area contributed by atoms with Crippen molar-refractivity contribution in [3.05, 3.63) is 59.0 Å². The summed E-state index contributed by atoms with van der Waals surface area (Å²) in [5.41, 5.74) is -0.786. The van der Waals surface area contributed by atoms with E-state index >= 15 is 0 Å². The van der Waals surface area contributed by atoms with Gasteiger partial charge in [-0.25, -0.2) is 8.42 Å². The molecule has 1 aliphatic heterocycles. The Labute approximate surface area is 156 Å². The van der Waals surface area contributed by atoms with Crippen molar-refractivity contribution in [3.8, 4) is 0 Å². The number of hydrogen-bond donors (Lipinski definition) is 1. The third-order valence-electron chi connectivity index (χ3n) is 4.38. The van der Waals surface area contributed by atoms with Crippen LogP contribution in [0, 0.1) is 0 Å². The third-order valence-corrected chi connectivity index (χ3v) is 5.82. The van der Waals surface area contributed by atoms with Gasteiger partial charge < -0.3 is 9.32 Å². The Kier molecular flexibility index (Phi) is 4.81. The molecule has 0 aliphatic carbocycles. The molecule has 0 bridgehead atoms. The molecule has 9 heteroatoms. The second kappa shape index (κ2) is 6.77. The maximum Gasteiger partial charge on any atom is 0.290 e. The van der Waals surface area contributed by atoms with E-state index in [4.69, 9.17) is 16.0 Å². The minimum absolute atomic E-state index is 0.102. The molecule has 3 rings (SSSR count). The summed E-state index contributed by atoms with van der Waals surface area (Å²) in [5, 5.41) is 0.408. The van der Waals surface area contributed by atoms with Crippen molar-refractivity contribution in [2.24, 2.45) is 0 Å². The van der Waals surface area contributed by atoms with Crippen LogP contribution in [-0.4, -0.2) is 37.2 Å². The Morgan fingerprint density at radius 2 is 2.08 bits per heavy atom. The van der Waals surface area contributed by atoms with Crippen LogP contribution >= 0.6 is 11.6 Å². The lowest BCUT2D eigenvalue weighted by Gasteiger charge is -2.48. The van der Waals surface area contributed by atoms with Crippen molar-refractivity contribution in [1.29, 1.82) is 0 Å². The van der Waals surface area contributed by atoms with Crippen LogP contribution in [0.5, 0.6) is 0 Å². The second-order valence-electron chi connectivity index (χ2n) is 6.28. The monoisotopic (exact) mass is 396 g/mol. The third kappa shape index (κ3) is 3.61. The van der Waals surface area contributed by atoms with E-state index in [2.05, 4.69) is 4.72 Å². The summed E-state index contributed by atoms with van der Waals surface area (Å²) in [6.45, 7) is 1.87. The zero-order valence-corrected chi connectivity index (χ0v) is 15.5. The van der Waals surface area contributed by atoms with Crippen LogP contribution in [0.1, 0.15) is 29.5 Å². The Bertz CT molecular complexity index is 942. The fourth-order valence-electron chi connectivity index (χ4n) is 2.79. The quantitative estimate of drug-likeness (QED) is 0.835. The van der Waals surface area contributed by atoms with Crippen molar-refractivity contribution in [1.82, 2.24) is 9.62 Å². The summed E-state index contributed by atoms with van der Waals surface area (Å²) < 4.78 is 31.8. The molecule has 7 nitrogen and oxygen atoms in total. The smallest absolute Gasteiger partial charge is 0.290 e. The molecule has 2 aromatic rings. The number of benzene rings is 1. The van der Waals surface area contributed by atoms with Gasteiger partial charge in [0.05, 0.1) is 12.0 Å². The van der Waals surface area contributed by atoms with Gasteiger partial charge in [0.25, 0.3) is 11.8 Å². The van der Waals surface area contributed by atoms with Gasteiger partial charge in [0.1, 0.15) is 5.54 Å². The van der Waals surface area contributed by atoms with Crippen LogP contribution in [0.3, 0.4) is 0 Å². The van der Waals surface area contributed by atoms with E-state index < -0.39 is 27.4 Å². The standard InChI is InChI=1S/C17H17ClN2O5S/c1-17(7-8-20(17)15(21)14-6-3-9-25-14)16(22)19-26(23,24)11-12-4-2-5-13(18)10-12/h2-6,9-10H,7-8,11H2,1H3,(H,19,22). The van der Waals surface area contributed by atoms with Crippen molar-refractivity contribution < 1.29 is 22.4 Å². The molecule has 1 saturated heterocycles. The largest absolute Gasteiger partial charge is 0.459 e. The molecular weight excluding hydrogens is 380 g/mol. The van der Waals surface area contributed by atoms with Crippen LogP contribution < -0.4 is 4.72 Å². The van der Waals surface area contributed by atoms with Gasteiger partial charge in [0.2, 0.25) is 10.0 Å². The molecule has 0 spiro atoms. The predicted molar refractivity (Wildman–Crippen MR) is 95.0 cm³/mol. The highest BCUT2D eigenvalue weighted by molar-refractivity contribution is 7.89. The highest BCUT2D eigenvalue weighted by atomic mass is 35.5. The average Bonchev–Trinajstić information content (AvgIpc) is 3.06.